The molecule has 0 bridgehead atoms. The van der Waals surface area contributed by atoms with Crippen LogP contribution in [0.3, 0.4) is 0 Å². The molecule has 2 atom stereocenters. The lowest BCUT2D eigenvalue weighted by molar-refractivity contribution is 0.397. The minimum absolute atomic E-state index is 0.399. The molecule has 1 aliphatic heterocycles. The van der Waals surface area contributed by atoms with Crippen molar-refractivity contribution in [1.29, 1.82) is 0 Å². The highest BCUT2D eigenvalue weighted by molar-refractivity contribution is 8.00. The topological polar surface area (TPSA) is 21.3 Å². The Morgan fingerprint density at radius 3 is 2.82 bits per heavy atom. The first kappa shape index (κ1) is 12.8. The van der Waals surface area contributed by atoms with Crippen molar-refractivity contribution in [3.05, 3.63) is 29.8 Å². The van der Waals surface area contributed by atoms with Crippen molar-refractivity contribution in [2.45, 2.75) is 30.6 Å². The molecule has 0 amide bonds. The third-order valence-electron chi connectivity index (χ3n) is 3.37. The fourth-order valence-corrected chi connectivity index (χ4v) is 3.98. The van der Waals surface area contributed by atoms with Crippen molar-refractivity contribution < 1.29 is 4.74 Å². The van der Waals surface area contributed by atoms with E-state index < -0.39 is 0 Å². The Labute approximate surface area is 108 Å². The normalized spacial score (nSPS) is 22.1. The highest BCUT2D eigenvalue weighted by Crippen LogP contribution is 2.37. The Kier molecular flexibility index (Phi) is 4.75. The van der Waals surface area contributed by atoms with Gasteiger partial charge >= 0.3 is 0 Å². The number of nitrogens with one attached hydrogen (secondary N) is 1. The second-order valence-corrected chi connectivity index (χ2v) is 5.76. The van der Waals surface area contributed by atoms with Crippen LogP contribution in [0.1, 0.15) is 30.9 Å². The van der Waals surface area contributed by atoms with E-state index in [-0.39, 0.29) is 0 Å². The maximum absolute atomic E-state index is 5.47. The number of hydrogen-bond donors (Lipinski definition) is 1. The second-order valence-electron chi connectivity index (χ2n) is 4.41. The highest BCUT2D eigenvalue weighted by atomic mass is 32.2. The summed E-state index contributed by atoms with van der Waals surface area (Å²) in [6, 6.07) is 8.75. The Morgan fingerprint density at radius 1 is 1.35 bits per heavy atom. The van der Waals surface area contributed by atoms with Crippen LogP contribution in [0, 0.1) is 0 Å². The molecule has 1 fully saturated rings. The maximum atomic E-state index is 5.47. The monoisotopic (exact) mass is 251 g/mol. The molecule has 3 heteroatoms. The van der Waals surface area contributed by atoms with E-state index >= 15 is 0 Å². The zero-order chi connectivity index (χ0) is 12.1. The molecule has 1 N–H and O–H groups in total. The van der Waals surface area contributed by atoms with E-state index in [2.05, 4.69) is 29.2 Å². The molecular formula is C14H21NOS. The summed E-state index contributed by atoms with van der Waals surface area (Å²) in [5, 5.41) is 4.13. The Bertz CT molecular complexity index is 350. The van der Waals surface area contributed by atoms with Crippen LogP contribution in [0.25, 0.3) is 0 Å². The number of thioether (sulfide) groups is 1. The predicted octanol–water partition coefficient (Wildman–Crippen LogP) is 3.24. The molecule has 1 heterocycles. The van der Waals surface area contributed by atoms with Crippen molar-refractivity contribution in [3.8, 4) is 5.75 Å². The van der Waals surface area contributed by atoms with Gasteiger partial charge in [-0.1, -0.05) is 24.6 Å². The summed E-state index contributed by atoms with van der Waals surface area (Å²) in [5.74, 6) is 2.29. The van der Waals surface area contributed by atoms with E-state index in [0.717, 1.165) is 5.75 Å². The molecule has 1 aromatic carbocycles. The molecule has 17 heavy (non-hydrogen) atoms. The molecule has 1 saturated heterocycles. The quantitative estimate of drug-likeness (QED) is 0.887. The largest absolute Gasteiger partial charge is 0.496 e. The molecule has 1 aromatic rings. The standard InChI is InChI=1S/C14H21NOS/c1-15-14(13-9-5-6-10-17-13)11-7-3-4-8-12(11)16-2/h3-4,7-8,13-15H,5-6,9-10H2,1-2H3. The Hall–Kier alpha value is -0.670. The smallest absolute Gasteiger partial charge is 0.123 e. The lowest BCUT2D eigenvalue weighted by atomic mass is 9.98. The van der Waals surface area contributed by atoms with Gasteiger partial charge in [0.15, 0.2) is 0 Å². The van der Waals surface area contributed by atoms with Crippen LogP contribution in [0.4, 0.5) is 0 Å². The molecule has 0 spiro atoms. The summed E-state index contributed by atoms with van der Waals surface area (Å²) in [4.78, 5) is 0. The Morgan fingerprint density at radius 2 is 2.18 bits per heavy atom. The average Bonchev–Trinajstić information content (AvgIpc) is 2.41. The van der Waals surface area contributed by atoms with Gasteiger partial charge in [-0.2, -0.15) is 11.8 Å². The van der Waals surface area contributed by atoms with Gasteiger partial charge in [-0.25, -0.2) is 0 Å². The van der Waals surface area contributed by atoms with Crippen LogP contribution in [-0.4, -0.2) is 25.2 Å². The van der Waals surface area contributed by atoms with E-state index in [9.17, 15) is 0 Å². The highest BCUT2D eigenvalue weighted by Gasteiger charge is 2.26. The van der Waals surface area contributed by atoms with Crippen LogP contribution in [0.5, 0.6) is 5.75 Å². The summed E-state index contributed by atoms with van der Waals surface area (Å²) >= 11 is 2.09. The van der Waals surface area contributed by atoms with Gasteiger partial charge in [0.05, 0.1) is 7.11 Å². The fraction of sp³-hybridized carbons (Fsp3) is 0.571. The van der Waals surface area contributed by atoms with E-state index in [0.29, 0.717) is 11.3 Å². The van der Waals surface area contributed by atoms with Crippen molar-refractivity contribution in [2.75, 3.05) is 19.9 Å². The Balaban J connectivity index is 2.21. The summed E-state index contributed by atoms with van der Waals surface area (Å²) in [5.41, 5.74) is 1.29. The summed E-state index contributed by atoms with van der Waals surface area (Å²) in [6.07, 6.45) is 4.02. The maximum Gasteiger partial charge on any atom is 0.123 e. The van der Waals surface area contributed by atoms with Gasteiger partial charge in [-0.15, -0.1) is 0 Å². The first-order valence-electron chi connectivity index (χ1n) is 6.28. The van der Waals surface area contributed by atoms with E-state index in [4.69, 9.17) is 4.74 Å². The molecule has 0 saturated carbocycles. The van der Waals surface area contributed by atoms with E-state index in [1.54, 1.807) is 7.11 Å². The van der Waals surface area contributed by atoms with E-state index in [1.807, 2.05) is 19.2 Å². The number of para-hydroxylation sites is 1. The zero-order valence-corrected chi connectivity index (χ0v) is 11.4. The SMILES string of the molecule is CNC(c1ccccc1OC)C1CCCCS1. The number of benzene rings is 1. The third-order valence-corrected chi connectivity index (χ3v) is 4.83. The van der Waals surface area contributed by atoms with Gasteiger partial charge in [-0.05, 0) is 31.7 Å². The number of ether oxygens (including phenoxy) is 1. The molecule has 2 nitrogen and oxygen atoms in total. The summed E-state index contributed by atoms with van der Waals surface area (Å²) in [7, 11) is 3.80. The van der Waals surface area contributed by atoms with E-state index in [1.165, 1.54) is 30.6 Å². The van der Waals surface area contributed by atoms with Crippen LogP contribution in [-0.2, 0) is 0 Å². The number of methoxy groups -OCH3 is 1. The molecule has 0 aromatic heterocycles. The molecule has 0 aliphatic carbocycles. The van der Waals surface area contributed by atoms with Gasteiger partial charge in [0.1, 0.15) is 5.75 Å². The van der Waals surface area contributed by atoms with Gasteiger partial charge in [0, 0.05) is 16.9 Å². The lowest BCUT2D eigenvalue weighted by Crippen LogP contribution is -2.29. The van der Waals surface area contributed by atoms with Gasteiger partial charge in [0.2, 0.25) is 0 Å². The molecular weight excluding hydrogens is 230 g/mol. The fourth-order valence-electron chi connectivity index (χ4n) is 2.49. The van der Waals surface area contributed by atoms with Crippen LogP contribution >= 0.6 is 11.8 Å². The van der Waals surface area contributed by atoms with Crippen LogP contribution in [0.2, 0.25) is 0 Å². The van der Waals surface area contributed by atoms with Gasteiger partial charge in [-0.3, -0.25) is 0 Å². The summed E-state index contributed by atoms with van der Waals surface area (Å²) < 4.78 is 5.47. The average molecular weight is 251 g/mol. The predicted molar refractivity (Wildman–Crippen MR) is 74.9 cm³/mol. The lowest BCUT2D eigenvalue weighted by Gasteiger charge is -2.30. The van der Waals surface area contributed by atoms with Crippen molar-refractivity contribution >= 4 is 11.8 Å². The first-order valence-corrected chi connectivity index (χ1v) is 7.33. The molecule has 1 aliphatic rings. The molecule has 2 unspecified atom stereocenters. The second kappa shape index (κ2) is 6.31. The number of hydrogen-bond acceptors (Lipinski definition) is 3. The van der Waals surface area contributed by atoms with Crippen LogP contribution < -0.4 is 10.1 Å². The molecule has 94 valence electrons. The summed E-state index contributed by atoms with van der Waals surface area (Å²) in [6.45, 7) is 0. The zero-order valence-electron chi connectivity index (χ0n) is 10.6. The van der Waals surface area contributed by atoms with Crippen molar-refractivity contribution in [2.24, 2.45) is 0 Å². The minimum atomic E-state index is 0.399. The minimum Gasteiger partial charge on any atom is -0.496 e. The molecule has 0 radical (unpaired) electrons. The van der Waals surface area contributed by atoms with Crippen molar-refractivity contribution in [1.82, 2.24) is 5.32 Å². The first-order chi connectivity index (χ1) is 8.36. The third kappa shape index (κ3) is 2.96. The van der Waals surface area contributed by atoms with Crippen molar-refractivity contribution in [3.63, 3.8) is 0 Å². The molecule has 2 rings (SSSR count). The van der Waals surface area contributed by atoms with Gasteiger partial charge in [0.25, 0.3) is 0 Å². The number of rotatable bonds is 4. The van der Waals surface area contributed by atoms with Crippen LogP contribution in [0.15, 0.2) is 24.3 Å². The van der Waals surface area contributed by atoms with Gasteiger partial charge < -0.3 is 10.1 Å².